The fourth-order valence-electron chi connectivity index (χ4n) is 2.84. The zero-order valence-corrected chi connectivity index (χ0v) is 16.5. The van der Waals surface area contributed by atoms with Crippen molar-refractivity contribution in [2.24, 2.45) is 0 Å². The molecule has 1 aromatic heterocycles. The minimum Gasteiger partial charge on any atom is -0.467 e. The van der Waals surface area contributed by atoms with Crippen LogP contribution in [0.2, 0.25) is 5.02 Å². The van der Waals surface area contributed by atoms with Gasteiger partial charge in [0.2, 0.25) is 0 Å². The molecular weight excluding hydrogens is 394 g/mol. The van der Waals surface area contributed by atoms with Gasteiger partial charge in [-0.05, 0) is 11.6 Å². The number of carbonyl (C=O) groups excluding carboxylic acids is 2. The topological polar surface area (TPSA) is 93.5 Å². The number of nitrogens with one attached hydrogen (secondary N) is 1. The summed E-state index contributed by atoms with van der Waals surface area (Å²) in [5.41, 5.74) is 2.32. The van der Waals surface area contributed by atoms with Gasteiger partial charge >= 0.3 is 5.97 Å². The smallest absolute Gasteiger partial charge is 0.330 e. The second kappa shape index (κ2) is 9.36. The molecule has 0 saturated carbocycles. The van der Waals surface area contributed by atoms with Gasteiger partial charge < -0.3 is 15.2 Å². The Morgan fingerprint density at radius 2 is 1.86 bits per heavy atom. The number of rotatable bonds is 7. The number of carbonyl (C=O) groups is 2. The van der Waals surface area contributed by atoms with Gasteiger partial charge in [-0.15, -0.1) is 0 Å². The van der Waals surface area contributed by atoms with E-state index in [1.807, 2.05) is 48.5 Å². The zero-order chi connectivity index (χ0) is 20.8. The first kappa shape index (κ1) is 20.6. The summed E-state index contributed by atoms with van der Waals surface area (Å²) < 4.78 is 6.22. The summed E-state index contributed by atoms with van der Waals surface area (Å²) in [5.74, 6) is -1.27. The Hall–Kier alpha value is -3.16. The predicted octanol–water partition coefficient (Wildman–Crippen LogP) is 2.52. The highest BCUT2D eigenvalue weighted by molar-refractivity contribution is 6.31. The lowest BCUT2D eigenvalue weighted by Crippen LogP contribution is -2.44. The molecule has 3 rings (SSSR count). The van der Waals surface area contributed by atoms with E-state index in [1.54, 1.807) is 16.9 Å². The van der Waals surface area contributed by atoms with Gasteiger partial charge in [-0.2, -0.15) is 5.10 Å². The minimum absolute atomic E-state index is 0.269. The molecule has 0 radical (unpaired) electrons. The highest BCUT2D eigenvalue weighted by Crippen LogP contribution is 2.23. The summed E-state index contributed by atoms with van der Waals surface area (Å²) in [7, 11) is 1.19. The van der Waals surface area contributed by atoms with Crippen LogP contribution in [0.25, 0.3) is 11.3 Å². The number of esters is 1. The van der Waals surface area contributed by atoms with Crippen molar-refractivity contribution in [1.82, 2.24) is 15.1 Å². The van der Waals surface area contributed by atoms with Crippen molar-refractivity contribution in [3.05, 3.63) is 76.9 Å². The Bertz CT molecular complexity index is 1000. The maximum atomic E-state index is 12.9. The lowest BCUT2D eigenvalue weighted by atomic mass is 10.1. The summed E-state index contributed by atoms with van der Waals surface area (Å²) in [6.45, 7) is -0.208. The van der Waals surface area contributed by atoms with E-state index >= 15 is 0 Å². The van der Waals surface area contributed by atoms with Gasteiger partial charge in [0.15, 0.2) is 6.04 Å². The van der Waals surface area contributed by atoms with E-state index in [4.69, 9.17) is 11.6 Å². The van der Waals surface area contributed by atoms with E-state index in [1.165, 1.54) is 7.11 Å². The quantitative estimate of drug-likeness (QED) is 0.580. The molecule has 3 aromatic rings. The molecule has 0 aliphatic rings. The largest absolute Gasteiger partial charge is 0.467 e. The van der Waals surface area contributed by atoms with Crippen molar-refractivity contribution in [1.29, 1.82) is 0 Å². The summed E-state index contributed by atoms with van der Waals surface area (Å²) in [4.78, 5) is 24.6. The number of aliphatic hydroxyl groups is 1. The molecule has 1 heterocycles. The molecule has 0 fully saturated rings. The van der Waals surface area contributed by atoms with Gasteiger partial charge in [0.05, 0.1) is 25.8 Å². The van der Waals surface area contributed by atoms with Gasteiger partial charge in [0.25, 0.3) is 5.91 Å². The molecule has 0 saturated heterocycles. The highest BCUT2D eigenvalue weighted by Gasteiger charge is 2.25. The van der Waals surface area contributed by atoms with Crippen LogP contribution in [0.1, 0.15) is 15.9 Å². The number of hydrogen-bond acceptors (Lipinski definition) is 5. The van der Waals surface area contributed by atoms with Crippen molar-refractivity contribution in [3.8, 4) is 11.3 Å². The standard InChI is InChI=1S/C21H20ClN3O4/c1-29-21(28)18(13-26)23-20(27)16-12-25(11-15-9-5-6-10-17(15)22)24-19(16)14-7-3-2-4-8-14/h2-10,12,18,26H,11,13H2,1H3,(H,23,27)/t18-/m0/s1. The lowest BCUT2D eigenvalue weighted by molar-refractivity contribution is -0.143. The molecule has 0 unspecified atom stereocenters. The molecule has 7 nitrogen and oxygen atoms in total. The Kier molecular flexibility index (Phi) is 6.64. The van der Waals surface area contributed by atoms with Crippen LogP contribution in [0.4, 0.5) is 0 Å². The first-order valence-corrected chi connectivity index (χ1v) is 9.27. The predicted molar refractivity (Wildman–Crippen MR) is 109 cm³/mol. The zero-order valence-electron chi connectivity index (χ0n) is 15.7. The molecule has 0 bridgehead atoms. The molecule has 29 heavy (non-hydrogen) atoms. The maximum absolute atomic E-state index is 12.9. The molecule has 2 aromatic carbocycles. The van der Waals surface area contributed by atoms with Crippen molar-refractivity contribution < 1.29 is 19.4 Å². The summed E-state index contributed by atoms with van der Waals surface area (Å²) in [6, 6.07) is 15.4. The number of aromatic nitrogens is 2. The third kappa shape index (κ3) is 4.82. The molecule has 0 aliphatic carbocycles. The second-order valence-electron chi connectivity index (χ2n) is 6.28. The molecular formula is C21H20ClN3O4. The van der Waals surface area contributed by atoms with Crippen molar-refractivity contribution in [3.63, 3.8) is 0 Å². The Morgan fingerprint density at radius 3 is 2.52 bits per heavy atom. The monoisotopic (exact) mass is 413 g/mol. The number of aliphatic hydroxyl groups excluding tert-OH is 1. The highest BCUT2D eigenvalue weighted by atomic mass is 35.5. The average Bonchev–Trinajstić information content (AvgIpc) is 3.17. The van der Waals surface area contributed by atoms with Crippen LogP contribution in [-0.4, -0.2) is 46.5 Å². The summed E-state index contributed by atoms with van der Waals surface area (Å²) >= 11 is 6.24. The second-order valence-corrected chi connectivity index (χ2v) is 6.69. The number of hydrogen-bond donors (Lipinski definition) is 2. The Balaban J connectivity index is 1.96. The van der Waals surface area contributed by atoms with Crippen LogP contribution >= 0.6 is 11.6 Å². The fraction of sp³-hybridized carbons (Fsp3) is 0.190. The normalized spacial score (nSPS) is 11.7. The number of benzene rings is 2. The van der Waals surface area contributed by atoms with E-state index < -0.39 is 24.5 Å². The van der Waals surface area contributed by atoms with Crippen LogP contribution in [0, 0.1) is 0 Å². The molecule has 0 spiro atoms. The summed E-state index contributed by atoms with van der Waals surface area (Å²) in [5, 5.41) is 17.0. The molecule has 150 valence electrons. The SMILES string of the molecule is COC(=O)[C@H](CO)NC(=O)c1cn(Cc2ccccc2Cl)nc1-c1ccccc1. The third-order valence-electron chi connectivity index (χ3n) is 4.32. The fourth-order valence-corrected chi connectivity index (χ4v) is 3.03. The molecule has 1 amide bonds. The number of methoxy groups -OCH3 is 1. The van der Waals surface area contributed by atoms with E-state index in [-0.39, 0.29) is 5.56 Å². The van der Waals surface area contributed by atoms with E-state index in [0.717, 1.165) is 11.1 Å². The van der Waals surface area contributed by atoms with Crippen LogP contribution in [0.5, 0.6) is 0 Å². The average molecular weight is 414 g/mol. The van der Waals surface area contributed by atoms with E-state index in [9.17, 15) is 14.7 Å². The van der Waals surface area contributed by atoms with Crippen LogP contribution in [-0.2, 0) is 16.1 Å². The van der Waals surface area contributed by atoms with Crippen molar-refractivity contribution in [2.75, 3.05) is 13.7 Å². The molecule has 1 atom stereocenters. The van der Waals surface area contributed by atoms with Gasteiger partial charge in [-0.3, -0.25) is 9.48 Å². The number of halogens is 1. The van der Waals surface area contributed by atoms with Crippen LogP contribution in [0.3, 0.4) is 0 Å². The lowest BCUT2D eigenvalue weighted by Gasteiger charge is -2.13. The van der Waals surface area contributed by atoms with E-state index in [0.29, 0.717) is 17.3 Å². The molecule has 0 aliphatic heterocycles. The number of ether oxygens (including phenoxy) is 1. The minimum atomic E-state index is -1.16. The van der Waals surface area contributed by atoms with Crippen LogP contribution < -0.4 is 5.32 Å². The Labute approximate surface area is 172 Å². The van der Waals surface area contributed by atoms with Gasteiger partial charge in [-0.25, -0.2) is 4.79 Å². The Morgan fingerprint density at radius 1 is 1.17 bits per heavy atom. The number of nitrogens with zero attached hydrogens (tertiary/aromatic N) is 2. The maximum Gasteiger partial charge on any atom is 0.330 e. The first-order valence-electron chi connectivity index (χ1n) is 8.89. The van der Waals surface area contributed by atoms with Gasteiger partial charge in [-0.1, -0.05) is 60.1 Å². The van der Waals surface area contributed by atoms with Gasteiger partial charge in [0.1, 0.15) is 5.69 Å². The number of amides is 1. The van der Waals surface area contributed by atoms with Crippen molar-refractivity contribution in [2.45, 2.75) is 12.6 Å². The molecule has 2 N–H and O–H groups in total. The van der Waals surface area contributed by atoms with Crippen LogP contribution in [0.15, 0.2) is 60.8 Å². The van der Waals surface area contributed by atoms with E-state index in [2.05, 4.69) is 15.2 Å². The first-order chi connectivity index (χ1) is 14.0. The third-order valence-corrected chi connectivity index (χ3v) is 4.69. The summed E-state index contributed by atoms with van der Waals surface area (Å²) in [6.07, 6.45) is 1.59. The van der Waals surface area contributed by atoms with Crippen molar-refractivity contribution >= 4 is 23.5 Å². The van der Waals surface area contributed by atoms with Gasteiger partial charge in [0, 0.05) is 16.8 Å². The molecule has 8 heteroatoms.